The highest BCUT2D eigenvalue weighted by molar-refractivity contribution is 7.85. The molecule has 2 heteroatoms. The van der Waals surface area contributed by atoms with Gasteiger partial charge in [-0.3, -0.25) is 4.21 Å². The van der Waals surface area contributed by atoms with Gasteiger partial charge in [0.25, 0.3) is 0 Å². The lowest BCUT2D eigenvalue weighted by atomic mass is 9.85. The van der Waals surface area contributed by atoms with Gasteiger partial charge in [0.2, 0.25) is 0 Å². The smallest absolute Gasteiger partial charge is 0.0752 e. The van der Waals surface area contributed by atoms with E-state index in [1.54, 1.807) is 0 Å². The van der Waals surface area contributed by atoms with Crippen molar-refractivity contribution >= 4 is 10.8 Å². The van der Waals surface area contributed by atoms with E-state index in [2.05, 4.69) is 60.7 Å². The molecule has 0 radical (unpaired) electrons. The molecule has 2 atom stereocenters. The van der Waals surface area contributed by atoms with Gasteiger partial charge in [-0.15, -0.1) is 0 Å². The van der Waals surface area contributed by atoms with Crippen LogP contribution in [-0.4, -0.2) is 4.21 Å². The van der Waals surface area contributed by atoms with E-state index in [0.717, 1.165) is 10.5 Å². The SMILES string of the molecule is O=[S@](c1ccccc1)[C@@H](c1ccccc1)C(c1ccccc1)c1ccccc1. The van der Waals surface area contributed by atoms with Crippen LogP contribution in [0.15, 0.2) is 126 Å². The Bertz CT molecular complexity index is 976. The largest absolute Gasteiger partial charge is 0.254 e. The van der Waals surface area contributed by atoms with Gasteiger partial charge in [0.05, 0.1) is 16.0 Å². The predicted octanol–water partition coefficient (Wildman–Crippen LogP) is 6.37. The van der Waals surface area contributed by atoms with Gasteiger partial charge in [0, 0.05) is 10.8 Å². The molecule has 4 rings (SSSR count). The van der Waals surface area contributed by atoms with Crippen LogP contribution in [0.25, 0.3) is 0 Å². The normalized spacial score (nSPS) is 13.2. The highest BCUT2D eigenvalue weighted by Gasteiger charge is 2.32. The fraction of sp³-hybridized carbons (Fsp3) is 0.0769. The van der Waals surface area contributed by atoms with E-state index in [1.165, 1.54) is 11.1 Å². The van der Waals surface area contributed by atoms with Crippen molar-refractivity contribution in [1.29, 1.82) is 0 Å². The molecule has 0 bridgehead atoms. The Kier molecular flexibility index (Phi) is 5.79. The molecular weight excluding hydrogens is 360 g/mol. The van der Waals surface area contributed by atoms with Gasteiger partial charge in [-0.25, -0.2) is 0 Å². The Morgan fingerprint density at radius 1 is 0.464 bits per heavy atom. The molecule has 4 aromatic carbocycles. The monoisotopic (exact) mass is 382 g/mol. The molecule has 0 unspecified atom stereocenters. The molecule has 0 N–H and O–H groups in total. The zero-order valence-corrected chi connectivity index (χ0v) is 16.3. The summed E-state index contributed by atoms with van der Waals surface area (Å²) in [5.41, 5.74) is 3.43. The van der Waals surface area contributed by atoms with Crippen LogP contribution in [0.3, 0.4) is 0 Å². The van der Waals surface area contributed by atoms with E-state index in [-0.39, 0.29) is 11.2 Å². The first-order valence-corrected chi connectivity index (χ1v) is 10.7. The van der Waals surface area contributed by atoms with Gasteiger partial charge < -0.3 is 0 Å². The molecule has 138 valence electrons. The molecule has 0 aliphatic rings. The third kappa shape index (κ3) is 3.97. The Morgan fingerprint density at radius 3 is 1.25 bits per heavy atom. The summed E-state index contributed by atoms with van der Waals surface area (Å²) in [5.74, 6) is -0.00848. The molecule has 0 spiro atoms. The number of benzene rings is 4. The van der Waals surface area contributed by atoms with Crippen molar-refractivity contribution in [2.24, 2.45) is 0 Å². The average Bonchev–Trinajstić information content (AvgIpc) is 2.79. The van der Waals surface area contributed by atoms with Crippen molar-refractivity contribution < 1.29 is 4.21 Å². The standard InChI is InChI=1S/C26H22OS/c27-28(24-19-11-4-12-20-24)26(23-17-9-3-10-18-23)25(21-13-5-1-6-14-21)22-15-7-2-8-16-22/h1-20,25-26H/t26-,28+/m0/s1. The summed E-state index contributed by atoms with van der Waals surface area (Å²) in [5, 5.41) is -0.187. The van der Waals surface area contributed by atoms with Crippen LogP contribution in [0, 0.1) is 0 Å². The van der Waals surface area contributed by atoms with Crippen LogP contribution in [0.5, 0.6) is 0 Å². The Hall–Kier alpha value is -2.97. The molecule has 0 aliphatic heterocycles. The maximum absolute atomic E-state index is 13.8. The van der Waals surface area contributed by atoms with Crippen molar-refractivity contribution in [3.05, 3.63) is 138 Å². The zero-order valence-electron chi connectivity index (χ0n) is 15.5. The fourth-order valence-corrected chi connectivity index (χ4v) is 5.33. The summed E-state index contributed by atoms with van der Waals surface area (Å²) in [6.07, 6.45) is 0. The van der Waals surface area contributed by atoms with Crippen LogP contribution < -0.4 is 0 Å². The third-order valence-corrected chi connectivity index (χ3v) is 6.70. The van der Waals surface area contributed by atoms with E-state index in [0.29, 0.717) is 0 Å². The second kappa shape index (κ2) is 8.81. The Balaban J connectivity index is 1.90. The molecule has 0 heterocycles. The van der Waals surface area contributed by atoms with Gasteiger partial charge in [-0.05, 0) is 28.8 Å². The fourth-order valence-electron chi connectivity index (χ4n) is 3.65. The lowest BCUT2D eigenvalue weighted by molar-refractivity contribution is 0.658. The van der Waals surface area contributed by atoms with Crippen LogP contribution in [0.2, 0.25) is 0 Å². The number of rotatable bonds is 6. The van der Waals surface area contributed by atoms with E-state index in [1.807, 2.05) is 60.7 Å². The number of hydrogen-bond acceptors (Lipinski definition) is 1. The molecule has 28 heavy (non-hydrogen) atoms. The van der Waals surface area contributed by atoms with Crippen molar-refractivity contribution in [3.63, 3.8) is 0 Å². The van der Waals surface area contributed by atoms with E-state index >= 15 is 0 Å². The van der Waals surface area contributed by atoms with Crippen LogP contribution >= 0.6 is 0 Å². The first kappa shape index (κ1) is 18.4. The highest BCUT2D eigenvalue weighted by atomic mass is 32.2. The second-order valence-electron chi connectivity index (χ2n) is 6.74. The second-order valence-corrected chi connectivity index (χ2v) is 8.31. The molecule has 0 aliphatic carbocycles. The highest BCUT2D eigenvalue weighted by Crippen LogP contribution is 2.42. The lowest BCUT2D eigenvalue weighted by Crippen LogP contribution is -2.18. The minimum atomic E-state index is -1.20. The zero-order chi connectivity index (χ0) is 19.2. The van der Waals surface area contributed by atoms with Crippen LogP contribution in [-0.2, 0) is 10.8 Å². The molecule has 0 amide bonds. The molecule has 0 saturated heterocycles. The quantitative estimate of drug-likeness (QED) is 0.379. The van der Waals surface area contributed by atoms with Gasteiger partial charge >= 0.3 is 0 Å². The number of hydrogen-bond donors (Lipinski definition) is 0. The molecular formula is C26H22OS. The lowest BCUT2D eigenvalue weighted by Gasteiger charge is -2.28. The summed E-state index contributed by atoms with van der Waals surface area (Å²) in [6.45, 7) is 0. The van der Waals surface area contributed by atoms with Crippen LogP contribution in [0.1, 0.15) is 27.9 Å². The van der Waals surface area contributed by atoms with Gasteiger partial charge in [0.15, 0.2) is 0 Å². The molecule has 0 aromatic heterocycles. The molecule has 4 aromatic rings. The van der Waals surface area contributed by atoms with Gasteiger partial charge in [-0.2, -0.15) is 0 Å². The van der Waals surface area contributed by atoms with E-state index in [4.69, 9.17) is 0 Å². The predicted molar refractivity (Wildman–Crippen MR) is 117 cm³/mol. The van der Waals surface area contributed by atoms with Crippen molar-refractivity contribution in [1.82, 2.24) is 0 Å². The first-order valence-electron chi connectivity index (χ1n) is 9.45. The summed E-state index contributed by atoms with van der Waals surface area (Å²) in [6, 6.07) is 40.8. The first-order chi connectivity index (χ1) is 13.8. The Labute approximate surface area is 169 Å². The molecule has 0 saturated carbocycles. The summed E-state index contributed by atoms with van der Waals surface area (Å²) < 4.78 is 13.8. The van der Waals surface area contributed by atoms with Gasteiger partial charge in [-0.1, -0.05) is 109 Å². The van der Waals surface area contributed by atoms with E-state index in [9.17, 15) is 4.21 Å². The van der Waals surface area contributed by atoms with Crippen LogP contribution in [0.4, 0.5) is 0 Å². The summed E-state index contributed by atoms with van der Waals surface area (Å²) in [7, 11) is -1.20. The summed E-state index contributed by atoms with van der Waals surface area (Å²) >= 11 is 0. The maximum Gasteiger partial charge on any atom is 0.0752 e. The van der Waals surface area contributed by atoms with Gasteiger partial charge in [0.1, 0.15) is 0 Å². The minimum absolute atomic E-state index is 0.00848. The Morgan fingerprint density at radius 2 is 0.821 bits per heavy atom. The molecule has 1 nitrogen and oxygen atoms in total. The maximum atomic E-state index is 13.8. The summed E-state index contributed by atoms with van der Waals surface area (Å²) in [4.78, 5) is 0.855. The average molecular weight is 383 g/mol. The molecule has 0 fully saturated rings. The van der Waals surface area contributed by atoms with Crippen molar-refractivity contribution in [3.8, 4) is 0 Å². The van der Waals surface area contributed by atoms with Crippen molar-refractivity contribution in [2.75, 3.05) is 0 Å². The van der Waals surface area contributed by atoms with E-state index < -0.39 is 10.8 Å². The minimum Gasteiger partial charge on any atom is -0.254 e. The third-order valence-electron chi connectivity index (χ3n) is 4.95. The topological polar surface area (TPSA) is 17.1 Å². The van der Waals surface area contributed by atoms with Crippen molar-refractivity contribution in [2.45, 2.75) is 16.1 Å².